The predicted molar refractivity (Wildman–Crippen MR) is 128 cm³/mol. The summed E-state index contributed by atoms with van der Waals surface area (Å²) >= 11 is 9.77. The number of hydrogen-bond donors (Lipinski definition) is 0. The van der Waals surface area contributed by atoms with Crippen molar-refractivity contribution in [1.82, 2.24) is 14.8 Å². The van der Waals surface area contributed by atoms with Crippen molar-refractivity contribution in [3.05, 3.63) is 67.3 Å². The van der Waals surface area contributed by atoms with Crippen LogP contribution in [0.3, 0.4) is 0 Å². The molecule has 0 aromatic carbocycles. The molecule has 3 aromatic rings. The van der Waals surface area contributed by atoms with Crippen molar-refractivity contribution in [1.29, 1.82) is 0 Å². The molecule has 0 saturated heterocycles. The van der Waals surface area contributed by atoms with Gasteiger partial charge in [-0.3, -0.25) is 9.48 Å². The maximum absolute atomic E-state index is 13.6. The molecule has 3 aromatic heterocycles. The van der Waals surface area contributed by atoms with E-state index < -0.39 is 0 Å². The van der Waals surface area contributed by atoms with Crippen LogP contribution in [-0.4, -0.2) is 26.4 Å². The molecule has 1 aliphatic carbocycles. The molecular weight excluding hydrogens is 448 g/mol. The van der Waals surface area contributed by atoms with E-state index in [2.05, 4.69) is 47.1 Å². The maximum Gasteiger partial charge on any atom is 0.296 e. The monoisotopic (exact) mass is 470 g/mol. The first-order chi connectivity index (χ1) is 15.0. The summed E-state index contributed by atoms with van der Waals surface area (Å²) in [5.74, 6) is 0.459. The molecule has 160 valence electrons. The number of halogens is 1. The van der Waals surface area contributed by atoms with Gasteiger partial charge in [-0.15, -0.1) is 22.7 Å². The number of aryl methyl sites for hydroxylation is 1. The van der Waals surface area contributed by atoms with Crippen LogP contribution < -0.4 is 0 Å². The van der Waals surface area contributed by atoms with Crippen LogP contribution in [-0.2, 0) is 6.54 Å². The summed E-state index contributed by atoms with van der Waals surface area (Å²) in [6, 6.07) is 8.20. The Labute approximate surface area is 194 Å². The predicted octanol–water partition coefficient (Wildman–Crippen LogP) is 6.36. The van der Waals surface area contributed by atoms with Gasteiger partial charge < -0.3 is 0 Å². The van der Waals surface area contributed by atoms with E-state index in [9.17, 15) is 4.79 Å². The number of hydrazone groups is 1. The highest BCUT2D eigenvalue weighted by atomic mass is 35.5. The number of carbonyl (C=O) groups is 1. The van der Waals surface area contributed by atoms with Gasteiger partial charge in [-0.05, 0) is 60.2 Å². The summed E-state index contributed by atoms with van der Waals surface area (Å²) < 4.78 is 1.69. The molecule has 5 nitrogen and oxygen atoms in total. The smallest absolute Gasteiger partial charge is 0.271 e. The molecule has 0 radical (unpaired) electrons. The van der Waals surface area contributed by atoms with E-state index in [0.717, 1.165) is 23.4 Å². The number of fused-ring (bicyclic) bond motifs is 1. The molecule has 0 spiro atoms. The molecule has 0 N–H and O–H groups in total. The van der Waals surface area contributed by atoms with Crippen molar-refractivity contribution in [2.24, 2.45) is 16.9 Å². The average Bonchev–Trinajstić information content (AvgIpc) is 3.53. The summed E-state index contributed by atoms with van der Waals surface area (Å²) in [6.45, 7) is 4.91. The Morgan fingerprint density at radius 1 is 1.29 bits per heavy atom. The largest absolute Gasteiger partial charge is 0.296 e. The average molecular weight is 471 g/mol. The van der Waals surface area contributed by atoms with E-state index in [4.69, 9.17) is 16.7 Å². The van der Waals surface area contributed by atoms with Crippen LogP contribution in [0.1, 0.15) is 53.0 Å². The van der Waals surface area contributed by atoms with Crippen LogP contribution in [0.4, 0.5) is 0 Å². The number of allylic oxidation sites excluding steroid dienone is 1. The van der Waals surface area contributed by atoms with Crippen LogP contribution in [0.5, 0.6) is 0 Å². The minimum Gasteiger partial charge on any atom is -0.271 e. The third kappa shape index (κ3) is 3.79. The third-order valence-corrected chi connectivity index (χ3v) is 7.95. The van der Waals surface area contributed by atoms with Crippen LogP contribution >= 0.6 is 34.3 Å². The Morgan fingerprint density at radius 2 is 2.10 bits per heavy atom. The molecule has 2 aliphatic rings. The molecule has 0 unspecified atom stereocenters. The van der Waals surface area contributed by atoms with Gasteiger partial charge in [0.25, 0.3) is 5.91 Å². The Hall–Kier alpha value is -2.22. The first-order valence-electron chi connectivity index (χ1n) is 10.5. The van der Waals surface area contributed by atoms with Gasteiger partial charge in [0.2, 0.25) is 0 Å². The normalized spacial score (nSPS) is 24.5. The van der Waals surface area contributed by atoms with Crippen molar-refractivity contribution in [2.45, 2.75) is 39.3 Å². The van der Waals surface area contributed by atoms with Gasteiger partial charge in [0, 0.05) is 28.4 Å². The van der Waals surface area contributed by atoms with E-state index >= 15 is 0 Å². The Kier molecular flexibility index (Phi) is 5.58. The van der Waals surface area contributed by atoms with E-state index in [1.807, 2.05) is 13.0 Å². The minimum absolute atomic E-state index is 0.125. The number of hydrogen-bond acceptors (Lipinski definition) is 5. The van der Waals surface area contributed by atoms with Crippen molar-refractivity contribution >= 4 is 52.0 Å². The molecule has 31 heavy (non-hydrogen) atoms. The van der Waals surface area contributed by atoms with Crippen molar-refractivity contribution < 1.29 is 4.79 Å². The van der Waals surface area contributed by atoms with E-state index in [1.165, 1.54) is 10.5 Å². The Balaban J connectivity index is 1.59. The lowest BCUT2D eigenvalue weighted by Gasteiger charge is -2.31. The molecular formula is C23H23ClN4OS2. The van der Waals surface area contributed by atoms with E-state index in [1.54, 1.807) is 38.6 Å². The number of rotatable bonds is 4. The lowest BCUT2D eigenvalue weighted by molar-refractivity contribution is 0.0673. The zero-order valence-corrected chi connectivity index (χ0v) is 19.8. The van der Waals surface area contributed by atoms with E-state index in [-0.39, 0.29) is 23.6 Å². The van der Waals surface area contributed by atoms with Gasteiger partial charge >= 0.3 is 0 Å². The topological polar surface area (TPSA) is 50.5 Å². The van der Waals surface area contributed by atoms with Gasteiger partial charge in [-0.1, -0.05) is 30.7 Å². The summed E-state index contributed by atoms with van der Waals surface area (Å²) in [4.78, 5) is 16.0. The van der Waals surface area contributed by atoms with Gasteiger partial charge in [-0.25, -0.2) is 5.01 Å². The SMILES string of the molecule is CCn1cc(Cl)c(C(=O)N2N=C3/C(=C/c4cccs4)C[C@H](C)C[C@@H]3[C@@H]2c2cccs2)n1. The highest BCUT2D eigenvalue weighted by Gasteiger charge is 2.46. The van der Waals surface area contributed by atoms with Gasteiger partial charge in [-0.2, -0.15) is 10.2 Å². The molecule has 3 atom stereocenters. The van der Waals surface area contributed by atoms with Crippen LogP contribution in [0, 0.1) is 11.8 Å². The maximum atomic E-state index is 13.6. The number of carbonyl (C=O) groups excluding carboxylic acids is 1. The lowest BCUT2D eigenvalue weighted by atomic mass is 9.74. The number of aromatic nitrogens is 2. The molecule has 0 bridgehead atoms. The molecule has 1 saturated carbocycles. The second kappa shape index (κ2) is 8.37. The van der Waals surface area contributed by atoms with Gasteiger partial charge in [0.05, 0.1) is 16.8 Å². The molecule has 1 amide bonds. The van der Waals surface area contributed by atoms with Crippen molar-refractivity contribution in [3.8, 4) is 0 Å². The first-order valence-corrected chi connectivity index (χ1v) is 12.6. The second-order valence-electron chi connectivity index (χ2n) is 8.11. The molecule has 8 heteroatoms. The fourth-order valence-corrected chi connectivity index (χ4v) is 6.34. The molecule has 1 aliphatic heterocycles. The summed E-state index contributed by atoms with van der Waals surface area (Å²) in [5.41, 5.74) is 2.53. The highest BCUT2D eigenvalue weighted by Crippen LogP contribution is 2.47. The Bertz CT molecular complexity index is 1150. The van der Waals surface area contributed by atoms with Crippen LogP contribution in [0.25, 0.3) is 6.08 Å². The zero-order valence-electron chi connectivity index (χ0n) is 17.4. The quantitative estimate of drug-likeness (QED) is 0.445. The number of nitrogens with zero attached hydrogens (tertiary/aromatic N) is 4. The first kappa shape index (κ1) is 20.7. The standard InChI is InChI=1S/C23H23ClN4OS2/c1-3-27-13-18(24)21(25-27)23(29)28-22(19-7-5-9-31-19)17-11-14(2)10-15(20(17)26-28)12-16-6-4-8-30-16/h4-9,12-14,17,22H,3,10-11H2,1-2H3/b15-12+/t14-,17-,22+/m0/s1. The second-order valence-corrected chi connectivity index (χ2v) is 10.5. The van der Waals surface area contributed by atoms with Gasteiger partial charge in [0.1, 0.15) is 0 Å². The number of thiophene rings is 2. The summed E-state index contributed by atoms with van der Waals surface area (Å²) in [6.07, 6.45) is 5.92. The fourth-order valence-electron chi connectivity index (χ4n) is 4.55. The fraction of sp³-hybridized carbons (Fsp3) is 0.348. The lowest BCUT2D eigenvalue weighted by Crippen LogP contribution is -2.33. The third-order valence-electron chi connectivity index (χ3n) is 5.91. The minimum atomic E-state index is -0.236. The molecule has 5 rings (SSSR count). The molecule has 4 heterocycles. The molecule has 1 fully saturated rings. The highest BCUT2D eigenvalue weighted by molar-refractivity contribution is 7.11. The summed E-state index contributed by atoms with van der Waals surface area (Å²) in [7, 11) is 0. The summed E-state index contributed by atoms with van der Waals surface area (Å²) in [5, 5.41) is 15.5. The Morgan fingerprint density at radius 3 is 2.77 bits per heavy atom. The number of amides is 1. The van der Waals surface area contributed by atoms with Crippen LogP contribution in [0.15, 0.2) is 51.9 Å². The van der Waals surface area contributed by atoms with Crippen LogP contribution in [0.2, 0.25) is 5.02 Å². The van der Waals surface area contributed by atoms with E-state index in [0.29, 0.717) is 17.5 Å². The van der Waals surface area contributed by atoms with Gasteiger partial charge in [0.15, 0.2) is 5.69 Å². The van der Waals surface area contributed by atoms with Crippen molar-refractivity contribution in [3.63, 3.8) is 0 Å². The van der Waals surface area contributed by atoms with Crippen molar-refractivity contribution in [2.75, 3.05) is 0 Å². The zero-order chi connectivity index (χ0) is 21.5.